The maximum Gasteiger partial charge on any atom is 0.254 e. The number of nitrogens with zero attached hydrogens (tertiary/aromatic N) is 2. The molecule has 156 valence electrons. The van der Waals surface area contributed by atoms with Crippen LogP contribution in [0.25, 0.3) is 0 Å². The Morgan fingerprint density at radius 2 is 1.83 bits per heavy atom. The van der Waals surface area contributed by atoms with Gasteiger partial charge in [0.15, 0.2) is 0 Å². The Morgan fingerprint density at radius 1 is 1.10 bits per heavy atom. The summed E-state index contributed by atoms with van der Waals surface area (Å²) in [6, 6.07) is 10.8. The quantitative estimate of drug-likeness (QED) is 0.525. The summed E-state index contributed by atoms with van der Waals surface area (Å²) >= 11 is 12.6. The smallest absolute Gasteiger partial charge is 0.254 e. The lowest BCUT2D eigenvalue weighted by Crippen LogP contribution is -2.36. The third kappa shape index (κ3) is 5.14. The molecule has 1 atom stereocenters. The second-order valence-electron chi connectivity index (χ2n) is 6.69. The summed E-state index contributed by atoms with van der Waals surface area (Å²) < 4.78 is 27.6. The summed E-state index contributed by atoms with van der Waals surface area (Å²) in [5.74, 6) is -2.24. The van der Waals surface area contributed by atoms with E-state index in [-0.39, 0.29) is 18.7 Å². The molecule has 0 unspecified atom stereocenters. The minimum absolute atomic E-state index is 0.114. The Hall–Kier alpha value is -2.54. The maximum absolute atomic E-state index is 13.8. The first-order valence-electron chi connectivity index (χ1n) is 9.20. The number of pyridine rings is 1. The second kappa shape index (κ2) is 9.98. The molecule has 0 saturated heterocycles. The van der Waals surface area contributed by atoms with Gasteiger partial charge in [-0.05, 0) is 48.4 Å². The van der Waals surface area contributed by atoms with Gasteiger partial charge in [0.2, 0.25) is 0 Å². The molecule has 2 aromatic carbocycles. The van der Waals surface area contributed by atoms with Gasteiger partial charge in [0.1, 0.15) is 11.6 Å². The molecule has 0 spiro atoms. The van der Waals surface area contributed by atoms with Crippen LogP contribution in [0.15, 0.2) is 60.9 Å². The molecule has 1 aromatic heterocycles. The predicted octanol–water partition coefficient (Wildman–Crippen LogP) is 5.40. The highest BCUT2D eigenvalue weighted by Crippen LogP contribution is 2.36. The van der Waals surface area contributed by atoms with Crippen LogP contribution in [-0.4, -0.2) is 22.3 Å². The Labute approximate surface area is 183 Å². The van der Waals surface area contributed by atoms with Crippen molar-refractivity contribution >= 4 is 29.1 Å². The molecule has 0 aliphatic heterocycles. The van der Waals surface area contributed by atoms with Crippen molar-refractivity contribution in [2.24, 2.45) is 5.73 Å². The molecule has 0 bridgehead atoms. The molecule has 8 heteroatoms. The highest BCUT2D eigenvalue weighted by molar-refractivity contribution is 6.42. The van der Waals surface area contributed by atoms with Crippen LogP contribution in [0.1, 0.15) is 33.9 Å². The predicted molar refractivity (Wildman–Crippen MR) is 113 cm³/mol. The van der Waals surface area contributed by atoms with Crippen molar-refractivity contribution in [3.8, 4) is 0 Å². The average molecular weight is 450 g/mol. The van der Waals surface area contributed by atoms with Gasteiger partial charge >= 0.3 is 0 Å². The number of nitrogens with two attached hydrogens (primary N) is 1. The third-order valence-electron chi connectivity index (χ3n) is 4.60. The van der Waals surface area contributed by atoms with Crippen LogP contribution in [0.4, 0.5) is 8.78 Å². The van der Waals surface area contributed by atoms with Gasteiger partial charge in [0.05, 0.1) is 16.1 Å². The minimum atomic E-state index is -0.837. The lowest BCUT2D eigenvalue weighted by Gasteiger charge is -2.33. The van der Waals surface area contributed by atoms with Gasteiger partial charge in [-0.2, -0.15) is 0 Å². The molecule has 4 nitrogen and oxygen atoms in total. The van der Waals surface area contributed by atoms with Crippen LogP contribution < -0.4 is 5.73 Å². The number of hydrogen-bond donors (Lipinski definition) is 1. The number of benzene rings is 2. The fourth-order valence-electron chi connectivity index (χ4n) is 3.27. The molecule has 0 fully saturated rings. The summed E-state index contributed by atoms with van der Waals surface area (Å²) in [7, 11) is 0. The van der Waals surface area contributed by atoms with Crippen molar-refractivity contribution in [2.75, 3.05) is 6.54 Å². The summed E-state index contributed by atoms with van der Waals surface area (Å²) in [5.41, 5.74) is 7.05. The molecule has 0 aliphatic carbocycles. The Kier molecular flexibility index (Phi) is 7.37. The number of aromatic nitrogens is 1. The number of halogens is 4. The molecule has 0 aliphatic rings. The molecule has 0 radical (unpaired) electrons. The molecule has 3 aromatic rings. The van der Waals surface area contributed by atoms with E-state index >= 15 is 0 Å². The van der Waals surface area contributed by atoms with E-state index in [2.05, 4.69) is 4.98 Å². The number of amides is 1. The molecule has 2 N–H and O–H groups in total. The van der Waals surface area contributed by atoms with Crippen molar-refractivity contribution in [1.29, 1.82) is 0 Å². The SMILES string of the molecule is NCC[C@H](c1cccc(Cl)c1Cl)N(Cc1cccnc1)C(=O)c1cc(F)cc(F)c1. The highest BCUT2D eigenvalue weighted by atomic mass is 35.5. The van der Waals surface area contributed by atoms with Gasteiger partial charge < -0.3 is 10.6 Å². The van der Waals surface area contributed by atoms with E-state index in [4.69, 9.17) is 28.9 Å². The Bertz CT molecular complexity index is 1010. The van der Waals surface area contributed by atoms with E-state index in [1.54, 1.807) is 42.7 Å². The molecule has 3 rings (SSSR count). The van der Waals surface area contributed by atoms with E-state index in [1.165, 1.54) is 4.90 Å². The van der Waals surface area contributed by atoms with Crippen LogP contribution in [0.5, 0.6) is 0 Å². The molecule has 0 saturated carbocycles. The topological polar surface area (TPSA) is 59.2 Å². The van der Waals surface area contributed by atoms with E-state index in [0.717, 1.165) is 17.7 Å². The van der Waals surface area contributed by atoms with Crippen LogP contribution >= 0.6 is 23.2 Å². The highest BCUT2D eigenvalue weighted by Gasteiger charge is 2.28. The number of carbonyl (C=O) groups is 1. The van der Waals surface area contributed by atoms with E-state index in [0.29, 0.717) is 28.1 Å². The number of carbonyl (C=O) groups excluding carboxylic acids is 1. The van der Waals surface area contributed by atoms with Gasteiger partial charge in [-0.25, -0.2) is 8.78 Å². The fourth-order valence-corrected chi connectivity index (χ4v) is 3.70. The lowest BCUT2D eigenvalue weighted by atomic mass is 9.99. The largest absolute Gasteiger partial charge is 0.330 e. The number of rotatable bonds is 7. The van der Waals surface area contributed by atoms with Crippen molar-refractivity contribution in [1.82, 2.24) is 9.88 Å². The van der Waals surface area contributed by atoms with Crippen LogP contribution in [0, 0.1) is 11.6 Å². The van der Waals surface area contributed by atoms with Gasteiger partial charge in [0.25, 0.3) is 5.91 Å². The van der Waals surface area contributed by atoms with E-state index < -0.39 is 23.6 Å². The van der Waals surface area contributed by atoms with E-state index in [9.17, 15) is 13.6 Å². The van der Waals surface area contributed by atoms with Crippen molar-refractivity contribution in [3.63, 3.8) is 0 Å². The van der Waals surface area contributed by atoms with Crippen molar-refractivity contribution < 1.29 is 13.6 Å². The first-order valence-corrected chi connectivity index (χ1v) is 9.96. The van der Waals surface area contributed by atoms with Gasteiger partial charge in [0, 0.05) is 30.6 Å². The zero-order valence-electron chi connectivity index (χ0n) is 15.9. The van der Waals surface area contributed by atoms with Gasteiger partial charge in [-0.1, -0.05) is 41.4 Å². The fraction of sp³-hybridized carbons (Fsp3) is 0.182. The molecular weight excluding hydrogens is 431 g/mol. The van der Waals surface area contributed by atoms with Crippen molar-refractivity contribution in [3.05, 3.63) is 99.3 Å². The molecule has 1 heterocycles. The zero-order valence-corrected chi connectivity index (χ0v) is 17.4. The summed E-state index contributed by atoms with van der Waals surface area (Å²) in [5, 5.41) is 0.633. The van der Waals surface area contributed by atoms with Crippen LogP contribution in [-0.2, 0) is 6.54 Å². The molecule has 30 heavy (non-hydrogen) atoms. The zero-order chi connectivity index (χ0) is 21.7. The van der Waals surface area contributed by atoms with Gasteiger partial charge in [-0.3, -0.25) is 9.78 Å². The van der Waals surface area contributed by atoms with Crippen LogP contribution in [0.2, 0.25) is 10.0 Å². The summed E-state index contributed by atoms with van der Waals surface area (Å²) in [4.78, 5) is 19.0. The summed E-state index contributed by atoms with van der Waals surface area (Å²) in [6.07, 6.45) is 3.60. The Morgan fingerprint density at radius 3 is 2.47 bits per heavy atom. The normalized spacial score (nSPS) is 11.9. The molecule has 1 amide bonds. The minimum Gasteiger partial charge on any atom is -0.330 e. The second-order valence-corrected chi connectivity index (χ2v) is 7.47. The monoisotopic (exact) mass is 449 g/mol. The molecular formula is C22H19Cl2F2N3O. The van der Waals surface area contributed by atoms with Crippen LogP contribution in [0.3, 0.4) is 0 Å². The van der Waals surface area contributed by atoms with E-state index in [1.807, 2.05) is 0 Å². The third-order valence-corrected chi connectivity index (χ3v) is 5.44. The Balaban J connectivity index is 2.10. The first-order chi connectivity index (χ1) is 14.4. The van der Waals surface area contributed by atoms with Gasteiger partial charge in [-0.15, -0.1) is 0 Å². The number of hydrogen-bond acceptors (Lipinski definition) is 3. The summed E-state index contributed by atoms with van der Waals surface area (Å²) in [6.45, 7) is 0.389. The lowest BCUT2D eigenvalue weighted by molar-refractivity contribution is 0.0649. The average Bonchev–Trinajstić information content (AvgIpc) is 2.72. The van der Waals surface area contributed by atoms with Crippen molar-refractivity contribution in [2.45, 2.75) is 19.0 Å². The standard InChI is InChI=1S/C22H19Cl2F2N3O/c23-19-5-1-4-18(21(19)24)20(6-7-27)29(13-14-3-2-8-28-12-14)22(30)15-9-16(25)11-17(26)10-15/h1-5,8-12,20H,6-7,13,27H2/t20-/m1/s1. The first kappa shape index (κ1) is 22.2. The maximum atomic E-state index is 13.8.